The van der Waals surface area contributed by atoms with E-state index >= 15 is 0 Å². The summed E-state index contributed by atoms with van der Waals surface area (Å²) >= 11 is 7.36. The van der Waals surface area contributed by atoms with Gasteiger partial charge in [-0.2, -0.15) is 0 Å². The maximum Gasteiger partial charge on any atom is 0.0934 e. The molecule has 0 fully saturated rings. The number of hydrogen-bond donors (Lipinski definition) is 0. The van der Waals surface area contributed by atoms with Gasteiger partial charge in [-0.1, -0.05) is 61.7 Å². The molecule has 0 bridgehead atoms. The maximum atomic E-state index is 5.18. The van der Waals surface area contributed by atoms with Crippen LogP contribution in [0.3, 0.4) is 0 Å². The number of alkyl halides is 2. The second-order valence-electron chi connectivity index (χ2n) is 4.73. The summed E-state index contributed by atoms with van der Waals surface area (Å²) in [6, 6.07) is 10.8. The van der Waals surface area contributed by atoms with Crippen molar-refractivity contribution in [1.82, 2.24) is 0 Å². The van der Waals surface area contributed by atoms with Crippen molar-refractivity contribution in [2.24, 2.45) is 0 Å². The smallest absolute Gasteiger partial charge is 0.0934 e. The van der Waals surface area contributed by atoms with Gasteiger partial charge in [-0.25, -0.2) is 0 Å². The minimum absolute atomic E-state index is 0.0654. The Labute approximate surface area is 125 Å². The van der Waals surface area contributed by atoms with Gasteiger partial charge in [0.05, 0.1) is 12.5 Å². The van der Waals surface area contributed by atoms with E-state index in [1.807, 2.05) is 12.3 Å². The minimum atomic E-state index is 0.0654. The zero-order valence-electron chi connectivity index (χ0n) is 10.3. The lowest BCUT2D eigenvalue weighted by Gasteiger charge is -2.30. The molecule has 96 valence electrons. The van der Waals surface area contributed by atoms with Crippen LogP contribution in [-0.2, 0) is 11.8 Å². The molecule has 3 heteroatoms. The van der Waals surface area contributed by atoms with Gasteiger partial charge < -0.3 is 4.42 Å². The van der Waals surface area contributed by atoms with Gasteiger partial charge in [-0.05, 0) is 30.5 Å². The Morgan fingerprint density at radius 2 is 1.94 bits per heavy atom. The molecule has 0 N–H and O–H groups in total. The highest BCUT2D eigenvalue weighted by atomic mass is 79.9. The first-order valence-corrected chi connectivity index (χ1v) is 8.15. The largest absolute Gasteiger partial charge is 0.472 e. The lowest BCUT2D eigenvalue weighted by Crippen LogP contribution is -2.32. The molecule has 2 rings (SSSR count). The Bertz CT molecular complexity index is 487. The fourth-order valence-electron chi connectivity index (χ4n) is 2.15. The number of furan rings is 1. The molecule has 0 saturated heterocycles. The second kappa shape index (κ2) is 6.07. The summed E-state index contributed by atoms with van der Waals surface area (Å²) in [5, 5.41) is 1.83. The average Bonchev–Trinajstić information content (AvgIpc) is 2.89. The third-order valence-corrected chi connectivity index (χ3v) is 5.41. The highest BCUT2D eigenvalue weighted by Gasteiger charge is 2.30. The lowest BCUT2D eigenvalue weighted by molar-refractivity contribution is 0.532. The van der Waals surface area contributed by atoms with E-state index in [-0.39, 0.29) is 5.41 Å². The monoisotopic (exact) mass is 370 g/mol. The molecule has 0 aliphatic heterocycles. The first-order valence-electron chi connectivity index (χ1n) is 5.90. The van der Waals surface area contributed by atoms with Crippen LogP contribution in [0.4, 0.5) is 0 Å². The number of hydrogen-bond acceptors (Lipinski definition) is 1. The molecule has 18 heavy (non-hydrogen) atoms. The molecule has 0 unspecified atom stereocenters. The zero-order chi connectivity index (χ0) is 13.0. The van der Waals surface area contributed by atoms with E-state index < -0.39 is 0 Å². The van der Waals surface area contributed by atoms with Crippen molar-refractivity contribution in [2.75, 3.05) is 10.7 Å². The summed E-state index contributed by atoms with van der Waals surface area (Å²) in [5.41, 5.74) is 3.95. The topological polar surface area (TPSA) is 13.1 Å². The van der Waals surface area contributed by atoms with Crippen molar-refractivity contribution in [2.45, 2.75) is 18.8 Å². The van der Waals surface area contributed by atoms with Gasteiger partial charge in [-0.15, -0.1) is 0 Å². The van der Waals surface area contributed by atoms with E-state index in [0.29, 0.717) is 0 Å². The van der Waals surface area contributed by atoms with E-state index in [1.165, 1.54) is 16.7 Å². The number of aryl methyl sites for hydroxylation is 1. The van der Waals surface area contributed by atoms with Crippen LogP contribution in [0.2, 0.25) is 0 Å². The van der Waals surface area contributed by atoms with E-state index in [9.17, 15) is 0 Å². The molecule has 0 amide bonds. The summed E-state index contributed by atoms with van der Waals surface area (Å²) in [7, 11) is 0. The van der Waals surface area contributed by atoms with Gasteiger partial charge >= 0.3 is 0 Å². The molecule has 0 aliphatic rings. The van der Waals surface area contributed by atoms with Gasteiger partial charge in [-0.3, -0.25) is 0 Å². The molecule has 1 aromatic carbocycles. The zero-order valence-corrected chi connectivity index (χ0v) is 13.5. The van der Waals surface area contributed by atoms with E-state index in [2.05, 4.69) is 63.0 Å². The van der Waals surface area contributed by atoms with Crippen LogP contribution in [0.15, 0.2) is 47.3 Å². The Morgan fingerprint density at radius 3 is 2.50 bits per heavy atom. The summed E-state index contributed by atoms with van der Waals surface area (Å²) in [6.45, 7) is 2.13. The Kier molecular flexibility index (Phi) is 4.68. The molecule has 0 saturated carbocycles. The quantitative estimate of drug-likeness (QED) is 0.684. The minimum Gasteiger partial charge on any atom is -0.472 e. The van der Waals surface area contributed by atoms with Crippen LogP contribution < -0.4 is 0 Å². The van der Waals surface area contributed by atoms with Crippen molar-refractivity contribution < 1.29 is 4.42 Å². The van der Waals surface area contributed by atoms with Gasteiger partial charge in [0, 0.05) is 16.1 Å². The molecule has 0 aliphatic carbocycles. The average molecular weight is 372 g/mol. The first kappa shape index (κ1) is 13.9. The second-order valence-corrected chi connectivity index (χ2v) is 5.85. The number of halogens is 2. The van der Waals surface area contributed by atoms with Crippen molar-refractivity contribution in [3.8, 4) is 0 Å². The maximum absolute atomic E-state index is 5.18. The standard InChI is InChI=1S/C15H16Br2O/c1-12-3-2-4-14(7-12)15(10-16,11-17)8-13-5-6-18-9-13/h2-7,9H,8,10-11H2,1H3. The first-order chi connectivity index (χ1) is 8.70. The predicted octanol–water partition coefficient (Wildman–Crippen LogP) is 4.86. The molecule has 1 heterocycles. The SMILES string of the molecule is Cc1cccc(C(CBr)(CBr)Cc2ccoc2)c1. The number of rotatable bonds is 5. The van der Waals surface area contributed by atoms with Gasteiger partial charge in [0.2, 0.25) is 0 Å². The van der Waals surface area contributed by atoms with Crippen LogP contribution in [-0.4, -0.2) is 10.7 Å². The molecular weight excluding hydrogens is 356 g/mol. The summed E-state index contributed by atoms with van der Waals surface area (Å²) in [4.78, 5) is 0. The van der Waals surface area contributed by atoms with E-state index in [1.54, 1.807) is 6.26 Å². The van der Waals surface area contributed by atoms with Crippen LogP contribution in [0.5, 0.6) is 0 Å². The van der Waals surface area contributed by atoms with Gasteiger partial charge in [0.25, 0.3) is 0 Å². The molecule has 0 spiro atoms. The van der Waals surface area contributed by atoms with Crippen LogP contribution in [0.1, 0.15) is 16.7 Å². The van der Waals surface area contributed by atoms with Crippen LogP contribution in [0.25, 0.3) is 0 Å². The normalized spacial score (nSPS) is 11.7. The molecule has 1 aromatic heterocycles. The lowest BCUT2D eigenvalue weighted by atomic mass is 9.79. The molecule has 1 nitrogen and oxygen atoms in total. The Balaban J connectivity index is 2.37. The van der Waals surface area contributed by atoms with Crippen LogP contribution >= 0.6 is 31.9 Å². The third-order valence-electron chi connectivity index (χ3n) is 3.26. The van der Waals surface area contributed by atoms with Crippen molar-refractivity contribution >= 4 is 31.9 Å². The van der Waals surface area contributed by atoms with Crippen molar-refractivity contribution in [3.63, 3.8) is 0 Å². The van der Waals surface area contributed by atoms with E-state index in [0.717, 1.165) is 17.1 Å². The summed E-state index contributed by atoms with van der Waals surface area (Å²) in [5.74, 6) is 0. The molecule has 2 aromatic rings. The summed E-state index contributed by atoms with van der Waals surface area (Å²) < 4.78 is 5.18. The van der Waals surface area contributed by atoms with Crippen molar-refractivity contribution in [1.29, 1.82) is 0 Å². The third kappa shape index (κ3) is 2.89. The number of benzene rings is 1. The highest BCUT2D eigenvalue weighted by molar-refractivity contribution is 9.09. The van der Waals surface area contributed by atoms with Gasteiger partial charge in [0.15, 0.2) is 0 Å². The van der Waals surface area contributed by atoms with Gasteiger partial charge in [0.1, 0.15) is 0 Å². The molecule has 0 radical (unpaired) electrons. The van der Waals surface area contributed by atoms with Crippen molar-refractivity contribution in [3.05, 3.63) is 59.5 Å². The van der Waals surface area contributed by atoms with E-state index in [4.69, 9.17) is 4.42 Å². The molecular formula is C15H16Br2O. The fourth-order valence-corrected chi connectivity index (χ4v) is 4.12. The predicted molar refractivity (Wildman–Crippen MR) is 82.9 cm³/mol. The van der Waals surface area contributed by atoms with Crippen LogP contribution in [0, 0.1) is 6.92 Å². The fraction of sp³-hybridized carbons (Fsp3) is 0.333. The molecule has 0 atom stereocenters. The summed E-state index contributed by atoms with van der Waals surface area (Å²) in [6.07, 6.45) is 4.53. The Hall–Kier alpha value is -0.540. The highest BCUT2D eigenvalue weighted by Crippen LogP contribution is 2.33. The Morgan fingerprint density at radius 1 is 1.17 bits per heavy atom.